The Hall–Kier alpha value is -2.30. The lowest BCUT2D eigenvalue weighted by Crippen LogP contribution is -2.35. The second-order valence-corrected chi connectivity index (χ2v) is 4.91. The number of hydrogen-bond acceptors (Lipinski definition) is 4. The largest absolute Gasteiger partial charge is 0.507 e. The monoisotopic (exact) mass is 291 g/mol. The average Bonchev–Trinajstić information content (AvgIpc) is 2.44. The molecule has 0 aliphatic heterocycles. The van der Waals surface area contributed by atoms with Crippen molar-refractivity contribution in [1.82, 2.24) is 4.90 Å². The van der Waals surface area contributed by atoms with Crippen molar-refractivity contribution in [2.75, 3.05) is 19.7 Å². The number of carbonyl (C=O) groups excluding carboxylic acids is 2. The van der Waals surface area contributed by atoms with Gasteiger partial charge in [0.2, 0.25) is 0 Å². The Morgan fingerprint density at radius 1 is 1.38 bits per heavy atom. The molecule has 5 heteroatoms. The highest BCUT2D eigenvalue weighted by Gasteiger charge is 2.18. The van der Waals surface area contributed by atoms with Crippen molar-refractivity contribution in [1.29, 1.82) is 0 Å². The lowest BCUT2D eigenvalue weighted by molar-refractivity contribution is -0.133. The Morgan fingerprint density at radius 2 is 2.05 bits per heavy atom. The summed E-state index contributed by atoms with van der Waals surface area (Å²) in [6, 6.07) is 4.79. The van der Waals surface area contributed by atoms with Crippen LogP contribution >= 0.6 is 0 Å². The van der Waals surface area contributed by atoms with Crippen LogP contribution in [-0.2, 0) is 9.53 Å². The fourth-order valence-electron chi connectivity index (χ4n) is 1.82. The molecule has 1 aromatic rings. The summed E-state index contributed by atoms with van der Waals surface area (Å²) in [4.78, 5) is 25.4. The third kappa shape index (κ3) is 4.63. The minimum atomic E-state index is -0.712. The van der Waals surface area contributed by atoms with Gasteiger partial charge in [-0.05, 0) is 32.4 Å². The van der Waals surface area contributed by atoms with Gasteiger partial charge in [-0.1, -0.05) is 24.3 Å². The van der Waals surface area contributed by atoms with Gasteiger partial charge in [0.25, 0.3) is 5.91 Å². The lowest BCUT2D eigenvalue weighted by atomic mass is 10.1. The molecular weight excluding hydrogens is 270 g/mol. The van der Waals surface area contributed by atoms with Crippen molar-refractivity contribution < 1.29 is 19.4 Å². The standard InChI is InChI=1S/C16H21NO4/c1-5-17(9-11(2)3)14(18)10-21-16(20)13-8-6-7-12(4)15(13)19/h6-8,19H,2,5,9-10H2,1,3-4H3. The van der Waals surface area contributed by atoms with Crippen LogP contribution in [0.25, 0.3) is 0 Å². The maximum atomic E-state index is 11.9. The second kappa shape index (κ2) is 7.47. The second-order valence-electron chi connectivity index (χ2n) is 4.91. The van der Waals surface area contributed by atoms with E-state index in [2.05, 4.69) is 6.58 Å². The van der Waals surface area contributed by atoms with Crippen molar-refractivity contribution in [2.45, 2.75) is 20.8 Å². The van der Waals surface area contributed by atoms with Crippen molar-refractivity contribution in [2.24, 2.45) is 0 Å². The number of hydrogen-bond donors (Lipinski definition) is 1. The first-order chi connectivity index (χ1) is 9.86. The number of ether oxygens (including phenoxy) is 1. The number of phenolic OH excluding ortho intramolecular Hbond substituents is 1. The zero-order valence-corrected chi connectivity index (χ0v) is 12.7. The molecule has 0 saturated heterocycles. The summed E-state index contributed by atoms with van der Waals surface area (Å²) in [6.45, 7) is 9.70. The number of carbonyl (C=O) groups is 2. The van der Waals surface area contributed by atoms with Crippen LogP contribution in [0.3, 0.4) is 0 Å². The number of esters is 1. The Balaban J connectivity index is 2.66. The van der Waals surface area contributed by atoms with Crippen LogP contribution in [0.15, 0.2) is 30.4 Å². The van der Waals surface area contributed by atoms with Crippen LogP contribution in [0.1, 0.15) is 29.8 Å². The van der Waals surface area contributed by atoms with Crippen molar-refractivity contribution in [3.8, 4) is 5.75 Å². The summed E-state index contributed by atoms with van der Waals surface area (Å²) in [7, 11) is 0. The minimum absolute atomic E-state index is 0.0609. The first-order valence-electron chi connectivity index (χ1n) is 6.74. The summed E-state index contributed by atoms with van der Waals surface area (Å²) in [5, 5.41) is 9.80. The zero-order chi connectivity index (χ0) is 16.0. The van der Waals surface area contributed by atoms with E-state index < -0.39 is 5.97 Å². The number of likely N-dealkylation sites (N-methyl/N-ethyl adjacent to an activating group) is 1. The SMILES string of the molecule is C=C(C)CN(CC)C(=O)COC(=O)c1cccc(C)c1O. The molecule has 0 heterocycles. The number of amides is 1. The molecule has 1 N–H and O–H groups in total. The van der Waals surface area contributed by atoms with Gasteiger partial charge in [0.1, 0.15) is 11.3 Å². The number of nitrogens with zero attached hydrogens (tertiary/aromatic N) is 1. The quantitative estimate of drug-likeness (QED) is 0.645. The predicted octanol–water partition coefficient (Wildman–Crippen LogP) is 2.28. The summed E-state index contributed by atoms with van der Waals surface area (Å²) in [5.41, 5.74) is 1.49. The van der Waals surface area contributed by atoms with Crippen LogP contribution in [0.2, 0.25) is 0 Å². The van der Waals surface area contributed by atoms with Crippen molar-refractivity contribution >= 4 is 11.9 Å². The predicted molar refractivity (Wildman–Crippen MR) is 80.2 cm³/mol. The van der Waals surface area contributed by atoms with Crippen LogP contribution < -0.4 is 0 Å². The number of rotatable bonds is 6. The number of para-hydroxylation sites is 1. The van der Waals surface area contributed by atoms with Crippen molar-refractivity contribution in [3.05, 3.63) is 41.5 Å². The summed E-state index contributed by atoms with van der Waals surface area (Å²) in [6.07, 6.45) is 0. The van der Waals surface area contributed by atoms with Gasteiger partial charge in [-0.3, -0.25) is 4.79 Å². The highest BCUT2D eigenvalue weighted by Crippen LogP contribution is 2.22. The molecule has 0 atom stereocenters. The molecule has 1 rings (SSSR count). The molecule has 0 aromatic heterocycles. The fourth-order valence-corrected chi connectivity index (χ4v) is 1.82. The number of phenols is 1. The van der Waals surface area contributed by atoms with Gasteiger partial charge >= 0.3 is 5.97 Å². The molecule has 21 heavy (non-hydrogen) atoms. The maximum Gasteiger partial charge on any atom is 0.342 e. The van der Waals surface area contributed by atoms with E-state index in [1.54, 1.807) is 24.0 Å². The molecule has 0 bridgehead atoms. The van der Waals surface area contributed by atoms with E-state index in [0.717, 1.165) is 5.57 Å². The smallest absolute Gasteiger partial charge is 0.342 e. The van der Waals surface area contributed by atoms with E-state index in [1.165, 1.54) is 6.07 Å². The van der Waals surface area contributed by atoms with Gasteiger partial charge in [-0.25, -0.2) is 4.79 Å². The first kappa shape index (κ1) is 16.8. The zero-order valence-electron chi connectivity index (χ0n) is 12.7. The van der Waals surface area contributed by atoms with Gasteiger partial charge in [0.15, 0.2) is 6.61 Å². The Kier molecular flexibility index (Phi) is 5.96. The lowest BCUT2D eigenvalue weighted by Gasteiger charge is -2.20. The molecule has 0 spiro atoms. The molecule has 114 valence electrons. The van der Waals surface area contributed by atoms with E-state index in [4.69, 9.17) is 4.74 Å². The van der Waals surface area contributed by atoms with Crippen LogP contribution in [0.5, 0.6) is 5.75 Å². The van der Waals surface area contributed by atoms with Crippen LogP contribution in [0.4, 0.5) is 0 Å². The Bertz CT molecular complexity index is 551. The molecule has 0 aliphatic carbocycles. The molecule has 1 aromatic carbocycles. The average molecular weight is 291 g/mol. The number of benzene rings is 1. The molecule has 0 aliphatic rings. The molecular formula is C16H21NO4. The molecule has 0 saturated carbocycles. The van der Waals surface area contributed by atoms with Gasteiger partial charge in [0.05, 0.1) is 0 Å². The fraction of sp³-hybridized carbons (Fsp3) is 0.375. The molecule has 0 unspecified atom stereocenters. The van der Waals surface area contributed by atoms with E-state index in [1.807, 2.05) is 13.8 Å². The van der Waals surface area contributed by atoms with E-state index in [9.17, 15) is 14.7 Å². The number of aromatic hydroxyl groups is 1. The Labute approximate surface area is 124 Å². The first-order valence-corrected chi connectivity index (χ1v) is 6.74. The molecule has 0 fully saturated rings. The molecule has 5 nitrogen and oxygen atoms in total. The van der Waals surface area contributed by atoms with E-state index in [-0.39, 0.29) is 23.8 Å². The van der Waals surface area contributed by atoms with Crippen LogP contribution in [0, 0.1) is 6.92 Å². The Morgan fingerprint density at radius 3 is 2.62 bits per heavy atom. The summed E-state index contributed by atoms with van der Waals surface area (Å²) in [5.74, 6) is -1.12. The topological polar surface area (TPSA) is 66.8 Å². The summed E-state index contributed by atoms with van der Waals surface area (Å²) < 4.78 is 4.97. The normalized spacial score (nSPS) is 10.0. The maximum absolute atomic E-state index is 11.9. The molecule has 1 amide bonds. The highest BCUT2D eigenvalue weighted by molar-refractivity contribution is 5.94. The summed E-state index contributed by atoms with van der Waals surface area (Å²) >= 11 is 0. The van der Waals surface area contributed by atoms with Gasteiger partial charge in [-0.2, -0.15) is 0 Å². The highest BCUT2D eigenvalue weighted by atomic mass is 16.5. The third-order valence-corrected chi connectivity index (χ3v) is 2.98. The number of aryl methyl sites for hydroxylation is 1. The van der Waals surface area contributed by atoms with Crippen LogP contribution in [-0.4, -0.2) is 41.6 Å². The van der Waals surface area contributed by atoms with Gasteiger partial charge in [-0.15, -0.1) is 0 Å². The van der Waals surface area contributed by atoms with Crippen molar-refractivity contribution in [3.63, 3.8) is 0 Å². The van der Waals surface area contributed by atoms with Gasteiger partial charge in [0, 0.05) is 13.1 Å². The molecule has 0 radical (unpaired) electrons. The third-order valence-electron chi connectivity index (χ3n) is 2.98. The minimum Gasteiger partial charge on any atom is -0.507 e. The van der Waals surface area contributed by atoms with E-state index in [0.29, 0.717) is 18.7 Å². The van der Waals surface area contributed by atoms with E-state index >= 15 is 0 Å². The van der Waals surface area contributed by atoms with Gasteiger partial charge < -0.3 is 14.7 Å².